The highest BCUT2D eigenvalue weighted by molar-refractivity contribution is 5.87. The van der Waals surface area contributed by atoms with Crippen molar-refractivity contribution in [1.29, 1.82) is 0 Å². The van der Waals surface area contributed by atoms with Crippen molar-refractivity contribution in [3.63, 3.8) is 0 Å². The summed E-state index contributed by atoms with van der Waals surface area (Å²) in [5.41, 5.74) is 4.23. The highest BCUT2D eigenvalue weighted by Crippen LogP contribution is 2.23. The van der Waals surface area contributed by atoms with Gasteiger partial charge in [0.1, 0.15) is 0 Å². The van der Waals surface area contributed by atoms with E-state index in [1.807, 2.05) is 0 Å². The zero-order valence-corrected chi connectivity index (χ0v) is 9.09. The Labute approximate surface area is 85.6 Å². The monoisotopic (exact) mass is 184 g/mol. The first-order valence-electron chi connectivity index (χ1n) is 5.21. The third kappa shape index (κ3) is 1.41. The van der Waals surface area contributed by atoms with Crippen LogP contribution in [-0.4, -0.2) is 0 Å². The molecule has 2 rings (SSSR count). The molecule has 0 heterocycles. The van der Waals surface area contributed by atoms with E-state index in [2.05, 4.69) is 51.1 Å². The zero-order chi connectivity index (χ0) is 10.1. The van der Waals surface area contributed by atoms with E-state index < -0.39 is 0 Å². The quantitative estimate of drug-likeness (QED) is 0.628. The molecule has 0 bridgehead atoms. The fourth-order valence-electron chi connectivity index (χ4n) is 2.03. The van der Waals surface area contributed by atoms with Crippen molar-refractivity contribution in [2.45, 2.75) is 27.2 Å². The summed E-state index contributed by atoms with van der Waals surface area (Å²) < 4.78 is 0. The first kappa shape index (κ1) is 9.26. The van der Waals surface area contributed by atoms with E-state index in [-0.39, 0.29) is 0 Å². The van der Waals surface area contributed by atoms with Gasteiger partial charge in [-0.3, -0.25) is 0 Å². The predicted molar refractivity (Wildman–Crippen MR) is 62.8 cm³/mol. The van der Waals surface area contributed by atoms with E-state index in [4.69, 9.17) is 0 Å². The largest absolute Gasteiger partial charge is 0.0613 e. The molecule has 0 aromatic heterocycles. The van der Waals surface area contributed by atoms with E-state index in [0.29, 0.717) is 0 Å². The first-order chi connectivity index (χ1) is 6.72. The number of hydrogen-bond donors (Lipinski definition) is 0. The minimum Gasteiger partial charge on any atom is -0.0613 e. The van der Waals surface area contributed by atoms with Crippen LogP contribution in [0, 0.1) is 13.8 Å². The van der Waals surface area contributed by atoms with Crippen molar-refractivity contribution < 1.29 is 0 Å². The maximum Gasteiger partial charge on any atom is -0.0152 e. The molecule has 0 fully saturated rings. The molecule has 0 N–H and O–H groups in total. The van der Waals surface area contributed by atoms with Crippen LogP contribution in [0.2, 0.25) is 0 Å². The molecule has 0 spiro atoms. The van der Waals surface area contributed by atoms with Gasteiger partial charge in [0.05, 0.1) is 0 Å². The van der Waals surface area contributed by atoms with Gasteiger partial charge in [-0.2, -0.15) is 0 Å². The summed E-state index contributed by atoms with van der Waals surface area (Å²) in [7, 11) is 0. The van der Waals surface area contributed by atoms with Crippen LogP contribution in [0.4, 0.5) is 0 Å². The summed E-state index contributed by atoms with van der Waals surface area (Å²) in [6.07, 6.45) is 1.12. The molecule has 0 saturated heterocycles. The Morgan fingerprint density at radius 1 is 1.00 bits per heavy atom. The third-order valence-electron chi connectivity index (χ3n) is 2.94. The Hall–Kier alpha value is -1.30. The highest BCUT2D eigenvalue weighted by atomic mass is 14.1. The van der Waals surface area contributed by atoms with Crippen LogP contribution >= 0.6 is 0 Å². The van der Waals surface area contributed by atoms with Crippen molar-refractivity contribution in [2.24, 2.45) is 0 Å². The molecule has 2 aromatic carbocycles. The Balaban J connectivity index is 2.77. The second kappa shape index (κ2) is 3.45. The van der Waals surface area contributed by atoms with Crippen LogP contribution in [0.3, 0.4) is 0 Å². The molecule has 0 unspecified atom stereocenters. The Bertz CT molecular complexity index is 467. The van der Waals surface area contributed by atoms with Gasteiger partial charge in [-0.25, -0.2) is 0 Å². The number of aryl methyl sites for hydroxylation is 3. The van der Waals surface area contributed by atoms with Crippen LogP contribution in [-0.2, 0) is 6.42 Å². The van der Waals surface area contributed by atoms with Gasteiger partial charge in [0.15, 0.2) is 0 Å². The molecule has 0 radical (unpaired) electrons. The van der Waals surface area contributed by atoms with Crippen molar-refractivity contribution >= 4 is 10.8 Å². The molecule has 0 amide bonds. The number of benzene rings is 2. The van der Waals surface area contributed by atoms with E-state index in [0.717, 1.165) is 6.42 Å². The van der Waals surface area contributed by atoms with Crippen LogP contribution in [0.15, 0.2) is 30.3 Å². The molecule has 2 aromatic rings. The normalized spacial score (nSPS) is 10.8. The van der Waals surface area contributed by atoms with E-state index in [9.17, 15) is 0 Å². The Morgan fingerprint density at radius 2 is 1.79 bits per heavy atom. The van der Waals surface area contributed by atoms with E-state index >= 15 is 0 Å². The SMILES string of the molecule is CCc1ccc2cc(C)ccc2c1C. The number of fused-ring (bicyclic) bond motifs is 1. The zero-order valence-electron chi connectivity index (χ0n) is 9.09. The molecule has 72 valence electrons. The van der Waals surface area contributed by atoms with Gasteiger partial charge < -0.3 is 0 Å². The van der Waals surface area contributed by atoms with Crippen molar-refractivity contribution in [3.05, 3.63) is 47.0 Å². The molecule has 0 nitrogen and oxygen atoms in total. The molecular formula is C14H16. The van der Waals surface area contributed by atoms with Gasteiger partial charge in [-0.05, 0) is 42.2 Å². The highest BCUT2D eigenvalue weighted by Gasteiger charge is 2.01. The lowest BCUT2D eigenvalue weighted by molar-refractivity contribution is 1.12. The second-order valence-corrected chi connectivity index (χ2v) is 3.93. The lowest BCUT2D eigenvalue weighted by atomic mass is 9.97. The smallest absolute Gasteiger partial charge is 0.0152 e. The average Bonchev–Trinajstić information content (AvgIpc) is 2.18. The Kier molecular flexibility index (Phi) is 2.28. The molecule has 0 saturated carbocycles. The standard InChI is InChI=1S/C14H16/c1-4-12-6-7-13-9-10(2)5-8-14(13)11(12)3/h5-9H,4H2,1-3H3. The van der Waals surface area contributed by atoms with E-state index in [1.54, 1.807) is 0 Å². The van der Waals surface area contributed by atoms with E-state index in [1.165, 1.54) is 27.5 Å². The van der Waals surface area contributed by atoms with Crippen LogP contribution in [0.25, 0.3) is 10.8 Å². The Morgan fingerprint density at radius 3 is 2.50 bits per heavy atom. The van der Waals surface area contributed by atoms with Crippen LogP contribution in [0.1, 0.15) is 23.6 Å². The fraction of sp³-hybridized carbons (Fsp3) is 0.286. The molecule has 0 heteroatoms. The van der Waals surface area contributed by atoms with Gasteiger partial charge in [-0.15, -0.1) is 0 Å². The van der Waals surface area contributed by atoms with Gasteiger partial charge in [0, 0.05) is 0 Å². The summed E-state index contributed by atoms with van der Waals surface area (Å²) in [5, 5.41) is 2.76. The van der Waals surface area contributed by atoms with Gasteiger partial charge in [0.25, 0.3) is 0 Å². The van der Waals surface area contributed by atoms with Crippen molar-refractivity contribution in [2.75, 3.05) is 0 Å². The lowest BCUT2D eigenvalue weighted by Gasteiger charge is -2.07. The van der Waals surface area contributed by atoms with Crippen LogP contribution < -0.4 is 0 Å². The third-order valence-corrected chi connectivity index (χ3v) is 2.94. The summed E-state index contributed by atoms with van der Waals surface area (Å²) in [5.74, 6) is 0. The topological polar surface area (TPSA) is 0 Å². The van der Waals surface area contributed by atoms with Gasteiger partial charge in [0.2, 0.25) is 0 Å². The van der Waals surface area contributed by atoms with Crippen LogP contribution in [0.5, 0.6) is 0 Å². The molecule has 0 aliphatic carbocycles. The molecular weight excluding hydrogens is 168 g/mol. The fourth-order valence-corrected chi connectivity index (χ4v) is 2.03. The minimum atomic E-state index is 1.12. The minimum absolute atomic E-state index is 1.12. The molecule has 0 aliphatic heterocycles. The molecule has 0 aliphatic rings. The maximum atomic E-state index is 2.25. The molecule has 0 atom stereocenters. The maximum absolute atomic E-state index is 2.25. The summed E-state index contributed by atoms with van der Waals surface area (Å²) >= 11 is 0. The summed E-state index contributed by atoms with van der Waals surface area (Å²) in [4.78, 5) is 0. The number of hydrogen-bond acceptors (Lipinski definition) is 0. The van der Waals surface area contributed by atoms with Crippen molar-refractivity contribution in [3.8, 4) is 0 Å². The summed E-state index contributed by atoms with van der Waals surface area (Å²) in [6.45, 7) is 6.57. The summed E-state index contributed by atoms with van der Waals surface area (Å²) in [6, 6.07) is 11.2. The predicted octanol–water partition coefficient (Wildman–Crippen LogP) is 4.02. The second-order valence-electron chi connectivity index (χ2n) is 3.93. The average molecular weight is 184 g/mol. The van der Waals surface area contributed by atoms with Gasteiger partial charge in [-0.1, -0.05) is 42.8 Å². The van der Waals surface area contributed by atoms with Gasteiger partial charge >= 0.3 is 0 Å². The molecule has 14 heavy (non-hydrogen) atoms. The van der Waals surface area contributed by atoms with Crippen molar-refractivity contribution in [1.82, 2.24) is 0 Å². The first-order valence-corrected chi connectivity index (χ1v) is 5.21. The lowest BCUT2D eigenvalue weighted by Crippen LogP contribution is -1.88. The number of rotatable bonds is 1.